The van der Waals surface area contributed by atoms with Crippen LogP contribution in [0.3, 0.4) is 0 Å². The minimum atomic E-state index is -1.56. The van der Waals surface area contributed by atoms with Gasteiger partial charge in [0, 0.05) is 6.42 Å². The van der Waals surface area contributed by atoms with Crippen molar-refractivity contribution in [2.75, 3.05) is 0 Å². The van der Waals surface area contributed by atoms with E-state index in [4.69, 9.17) is 22.3 Å². The zero-order chi connectivity index (χ0) is 20.4. The monoisotopic (exact) mass is 373 g/mol. The summed E-state index contributed by atoms with van der Waals surface area (Å²) in [5.74, 6) is -4.75. The topological polar surface area (TPSA) is 208 Å². The van der Waals surface area contributed by atoms with Crippen LogP contribution in [0.1, 0.15) is 39.5 Å². The first-order chi connectivity index (χ1) is 12.0. The van der Waals surface area contributed by atoms with E-state index in [9.17, 15) is 24.0 Å². The van der Waals surface area contributed by atoms with Crippen molar-refractivity contribution >= 4 is 29.6 Å². The van der Waals surface area contributed by atoms with E-state index in [1.807, 2.05) is 6.92 Å². The quantitative estimate of drug-likeness (QED) is 0.217. The Bertz CT molecular complexity index is 553. The Morgan fingerprint density at radius 3 is 1.92 bits per heavy atom. The molecule has 0 aromatic rings. The molecular weight excluding hydrogens is 346 g/mol. The average Bonchev–Trinajstić information content (AvgIpc) is 2.55. The second-order valence-corrected chi connectivity index (χ2v) is 6.05. The van der Waals surface area contributed by atoms with Gasteiger partial charge in [-0.25, -0.2) is 4.79 Å². The van der Waals surface area contributed by atoms with Crippen LogP contribution < -0.4 is 27.8 Å². The van der Waals surface area contributed by atoms with Crippen LogP contribution in [0.4, 0.5) is 0 Å². The molecular formula is C15H27N5O6. The fourth-order valence-corrected chi connectivity index (χ4v) is 2.01. The summed E-state index contributed by atoms with van der Waals surface area (Å²) in [6.07, 6.45) is -0.357. The molecule has 11 nitrogen and oxygen atoms in total. The lowest BCUT2D eigenvalue weighted by molar-refractivity contribution is -0.143. The van der Waals surface area contributed by atoms with Gasteiger partial charge in [-0.05, 0) is 12.3 Å². The van der Waals surface area contributed by atoms with Crippen LogP contribution in [0.2, 0.25) is 0 Å². The van der Waals surface area contributed by atoms with Gasteiger partial charge in [0.05, 0.1) is 12.5 Å². The van der Waals surface area contributed by atoms with E-state index in [0.29, 0.717) is 6.42 Å². The maximum absolute atomic E-state index is 12.3. The van der Waals surface area contributed by atoms with Gasteiger partial charge in [0.2, 0.25) is 23.6 Å². The second-order valence-electron chi connectivity index (χ2n) is 6.05. The van der Waals surface area contributed by atoms with Crippen molar-refractivity contribution in [2.45, 2.75) is 57.7 Å². The highest BCUT2D eigenvalue weighted by Crippen LogP contribution is 2.07. The van der Waals surface area contributed by atoms with Crippen LogP contribution in [0.5, 0.6) is 0 Å². The molecule has 0 saturated heterocycles. The number of hydrogen-bond donors (Lipinski definition) is 6. The zero-order valence-electron chi connectivity index (χ0n) is 14.9. The third kappa shape index (κ3) is 8.42. The number of primary amides is 2. The highest BCUT2D eigenvalue weighted by Gasteiger charge is 2.29. The zero-order valence-corrected chi connectivity index (χ0v) is 14.9. The van der Waals surface area contributed by atoms with Gasteiger partial charge in [0.25, 0.3) is 0 Å². The molecule has 0 fully saturated rings. The Morgan fingerprint density at radius 1 is 0.962 bits per heavy atom. The Labute approximate surface area is 151 Å². The molecule has 4 atom stereocenters. The largest absolute Gasteiger partial charge is 0.480 e. The van der Waals surface area contributed by atoms with Crippen LogP contribution in [0.15, 0.2) is 0 Å². The molecule has 9 N–H and O–H groups in total. The molecule has 0 radical (unpaired) electrons. The van der Waals surface area contributed by atoms with Gasteiger partial charge in [0.15, 0.2) is 0 Å². The maximum Gasteiger partial charge on any atom is 0.326 e. The molecule has 0 aliphatic heterocycles. The normalized spacial score (nSPS) is 15.2. The molecule has 0 rings (SSSR count). The van der Waals surface area contributed by atoms with Crippen molar-refractivity contribution in [1.29, 1.82) is 0 Å². The van der Waals surface area contributed by atoms with Crippen LogP contribution in [0, 0.1) is 5.92 Å². The average molecular weight is 373 g/mol. The van der Waals surface area contributed by atoms with Crippen molar-refractivity contribution in [3.8, 4) is 0 Å². The third-order valence-corrected chi connectivity index (χ3v) is 3.89. The number of carbonyl (C=O) groups is 5. The highest BCUT2D eigenvalue weighted by atomic mass is 16.4. The number of hydrogen-bond acceptors (Lipinski definition) is 6. The number of nitrogens with two attached hydrogens (primary N) is 3. The van der Waals surface area contributed by atoms with Crippen molar-refractivity contribution in [3.63, 3.8) is 0 Å². The van der Waals surface area contributed by atoms with E-state index in [-0.39, 0.29) is 18.8 Å². The van der Waals surface area contributed by atoms with Crippen LogP contribution in [-0.2, 0) is 24.0 Å². The summed E-state index contributed by atoms with van der Waals surface area (Å²) in [5.41, 5.74) is 15.8. The first-order valence-electron chi connectivity index (χ1n) is 8.15. The molecule has 0 aromatic heterocycles. The standard InChI is InChI=1S/C15H27N5O6/c1-3-7(2)12(18)14(24)19-8(4-5-10(16)21)13(23)20-9(15(25)26)6-11(17)22/h7-9,12H,3-6,18H2,1-2H3,(H2,16,21)(H2,17,22)(H,19,24)(H,20,23)(H,25,26)/t7-,8-,9-,12-/m0/s1. The van der Waals surface area contributed by atoms with Crippen molar-refractivity contribution in [2.24, 2.45) is 23.1 Å². The van der Waals surface area contributed by atoms with E-state index in [0.717, 1.165) is 0 Å². The van der Waals surface area contributed by atoms with Crippen molar-refractivity contribution in [1.82, 2.24) is 10.6 Å². The molecule has 0 saturated carbocycles. The lowest BCUT2D eigenvalue weighted by Gasteiger charge is -2.24. The number of amides is 4. The summed E-state index contributed by atoms with van der Waals surface area (Å²) in [6.45, 7) is 3.60. The molecule has 148 valence electrons. The molecule has 11 heteroatoms. The van der Waals surface area contributed by atoms with E-state index in [1.54, 1.807) is 6.92 Å². The van der Waals surface area contributed by atoms with Crippen molar-refractivity contribution in [3.05, 3.63) is 0 Å². The first-order valence-corrected chi connectivity index (χ1v) is 8.15. The summed E-state index contributed by atoms with van der Waals surface area (Å²) in [6, 6.07) is -3.68. The fourth-order valence-electron chi connectivity index (χ4n) is 2.01. The minimum absolute atomic E-state index is 0.150. The summed E-state index contributed by atoms with van der Waals surface area (Å²) in [7, 11) is 0. The predicted molar refractivity (Wildman–Crippen MR) is 91.2 cm³/mol. The van der Waals surface area contributed by atoms with Crippen LogP contribution >= 0.6 is 0 Å². The van der Waals surface area contributed by atoms with Gasteiger partial charge in [-0.15, -0.1) is 0 Å². The molecule has 26 heavy (non-hydrogen) atoms. The first kappa shape index (κ1) is 23.3. The Balaban J connectivity index is 5.17. The molecule has 0 heterocycles. The molecule has 0 bridgehead atoms. The molecule has 0 unspecified atom stereocenters. The van der Waals surface area contributed by atoms with Crippen LogP contribution in [-0.4, -0.2) is 52.8 Å². The van der Waals surface area contributed by atoms with Gasteiger partial charge >= 0.3 is 5.97 Å². The number of carboxylic acids is 1. The molecule has 4 amide bonds. The molecule has 0 aliphatic carbocycles. The molecule has 0 aromatic carbocycles. The number of rotatable bonds is 12. The Kier molecular flexibility index (Phi) is 9.89. The number of carbonyl (C=O) groups excluding carboxylic acids is 4. The van der Waals surface area contributed by atoms with Gasteiger partial charge in [-0.2, -0.15) is 0 Å². The van der Waals surface area contributed by atoms with Gasteiger partial charge < -0.3 is 32.9 Å². The van der Waals surface area contributed by atoms with Gasteiger partial charge in [-0.3, -0.25) is 19.2 Å². The number of aliphatic carboxylic acids is 1. The van der Waals surface area contributed by atoms with Gasteiger partial charge in [0.1, 0.15) is 12.1 Å². The SMILES string of the molecule is CC[C@H](C)[C@H](N)C(=O)N[C@@H](CCC(N)=O)C(=O)N[C@@H](CC(N)=O)C(=O)O. The Morgan fingerprint density at radius 2 is 1.50 bits per heavy atom. The fraction of sp³-hybridized carbons (Fsp3) is 0.667. The number of carboxylic acid groups (broad SMARTS) is 1. The lowest BCUT2D eigenvalue weighted by Crippen LogP contribution is -2.56. The smallest absolute Gasteiger partial charge is 0.326 e. The predicted octanol–water partition coefficient (Wildman–Crippen LogP) is -2.45. The lowest BCUT2D eigenvalue weighted by atomic mass is 9.98. The van der Waals surface area contributed by atoms with E-state index < -0.39 is 54.1 Å². The number of nitrogens with one attached hydrogen (secondary N) is 2. The highest BCUT2D eigenvalue weighted by molar-refractivity contribution is 5.93. The molecule has 0 aliphatic rings. The van der Waals surface area contributed by atoms with Crippen LogP contribution in [0.25, 0.3) is 0 Å². The summed E-state index contributed by atoms with van der Waals surface area (Å²) >= 11 is 0. The summed E-state index contributed by atoms with van der Waals surface area (Å²) < 4.78 is 0. The van der Waals surface area contributed by atoms with E-state index >= 15 is 0 Å². The minimum Gasteiger partial charge on any atom is -0.480 e. The Hall–Kier alpha value is -2.69. The van der Waals surface area contributed by atoms with Crippen molar-refractivity contribution < 1.29 is 29.1 Å². The summed E-state index contributed by atoms with van der Waals surface area (Å²) in [4.78, 5) is 57.5. The second kappa shape index (κ2) is 11.0. The third-order valence-electron chi connectivity index (χ3n) is 3.89. The van der Waals surface area contributed by atoms with Gasteiger partial charge in [-0.1, -0.05) is 20.3 Å². The van der Waals surface area contributed by atoms with E-state index in [2.05, 4.69) is 10.6 Å². The summed E-state index contributed by atoms with van der Waals surface area (Å²) in [5, 5.41) is 13.5. The van der Waals surface area contributed by atoms with E-state index in [1.165, 1.54) is 0 Å². The molecule has 0 spiro atoms. The maximum atomic E-state index is 12.3.